The second kappa shape index (κ2) is 5.71. The molecule has 1 saturated carbocycles. The SMILES string of the molecule is C[C@H]1CCCC[C@H]1NC(=O)/C=C/c1ccco1. The lowest BCUT2D eigenvalue weighted by Gasteiger charge is -2.29. The Balaban J connectivity index is 1.84. The van der Waals surface area contributed by atoms with Gasteiger partial charge >= 0.3 is 0 Å². The van der Waals surface area contributed by atoms with Gasteiger partial charge in [-0.3, -0.25) is 4.79 Å². The molecule has 1 aromatic rings. The predicted molar refractivity (Wildman–Crippen MR) is 67.3 cm³/mol. The van der Waals surface area contributed by atoms with Crippen LogP contribution in [0.3, 0.4) is 0 Å². The fourth-order valence-corrected chi connectivity index (χ4v) is 2.31. The van der Waals surface area contributed by atoms with E-state index in [2.05, 4.69) is 12.2 Å². The summed E-state index contributed by atoms with van der Waals surface area (Å²) in [5.74, 6) is 1.27. The molecule has 2 rings (SSSR count). The topological polar surface area (TPSA) is 42.2 Å². The maximum absolute atomic E-state index is 11.7. The summed E-state index contributed by atoms with van der Waals surface area (Å²) in [7, 11) is 0. The molecule has 3 nitrogen and oxygen atoms in total. The molecule has 1 aromatic heterocycles. The van der Waals surface area contributed by atoms with Crippen LogP contribution in [0.1, 0.15) is 38.4 Å². The van der Waals surface area contributed by atoms with E-state index in [0.717, 1.165) is 6.42 Å². The van der Waals surface area contributed by atoms with Gasteiger partial charge in [0.15, 0.2) is 0 Å². The number of rotatable bonds is 3. The van der Waals surface area contributed by atoms with Crippen molar-refractivity contribution in [2.24, 2.45) is 5.92 Å². The highest BCUT2D eigenvalue weighted by Crippen LogP contribution is 2.23. The first-order chi connectivity index (χ1) is 8.25. The third-order valence-corrected chi connectivity index (χ3v) is 3.38. The smallest absolute Gasteiger partial charge is 0.244 e. The molecule has 0 saturated heterocycles. The van der Waals surface area contributed by atoms with Crippen LogP contribution in [-0.4, -0.2) is 11.9 Å². The average Bonchev–Trinajstić information content (AvgIpc) is 2.82. The van der Waals surface area contributed by atoms with Gasteiger partial charge in [0.1, 0.15) is 5.76 Å². The van der Waals surface area contributed by atoms with Crippen LogP contribution in [0.2, 0.25) is 0 Å². The highest BCUT2D eigenvalue weighted by molar-refractivity contribution is 5.91. The first-order valence-electron chi connectivity index (χ1n) is 6.28. The Hall–Kier alpha value is -1.51. The van der Waals surface area contributed by atoms with Gasteiger partial charge in [-0.2, -0.15) is 0 Å². The molecule has 1 N–H and O–H groups in total. The number of hydrogen-bond donors (Lipinski definition) is 1. The summed E-state index contributed by atoms with van der Waals surface area (Å²) in [6.07, 6.45) is 9.66. The van der Waals surface area contributed by atoms with E-state index in [1.165, 1.54) is 19.3 Å². The molecule has 1 aliphatic carbocycles. The lowest BCUT2D eigenvalue weighted by atomic mass is 9.86. The minimum absolute atomic E-state index is 0.0276. The summed E-state index contributed by atoms with van der Waals surface area (Å²) in [5.41, 5.74) is 0. The number of amides is 1. The van der Waals surface area contributed by atoms with Crippen molar-refractivity contribution in [2.45, 2.75) is 38.6 Å². The Morgan fingerprint density at radius 2 is 2.29 bits per heavy atom. The van der Waals surface area contributed by atoms with Crippen LogP contribution in [0.4, 0.5) is 0 Å². The van der Waals surface area contributed by atoms with E-state index in [0.29, 0.717) is 17.7 Å². The molecule has 17 heavy (non-hydrogen) atoms. The first kappa shape index (κ1) is 12.0. The van der Waals surface area contributed by atoms with Gasteiger partial charge in [0.2, 0.25) is 5.91 Å². The van der Waals surface area contributed by atoms with Gasteiger partial charge in [-0.1, -0.05) is 19.8 Å². The maximum atomic E-state index is 11.7. The molecular weight excluding hydrogens is 214 g/mol. The fraction of sp³-hybridized carbons (Fsp3) is 0.500. The van der Waals surface area contributed by atoms with Crippen LogP contribution in [0.25, 0.3) is 6.08 Å². The van der Waals surface area contributed by atoms with E-state index in [1.54, 1.807) is 24.5 Å². The molecule has 0 bridgehead atoms. The molecule has 1 amide bonds. The van der Waals surface area contributed by atoms with Crippen molar-refractivity contribution in [3.8, 4) is 0 Å². The van der Waals surface area contributed by atoms with Crippen molar-refractivity contribution in [1.82, 2.24) is 5.32 Å². The summed E-state index contributed by atoms with van der Waals surface area (Å²) < 4.78 is 5.13. The summed E-state index contributed by atoms with van der Waals surface area (Å²) in [6.45, 7) is 2.21. The van der Waals surface area contributed by atoms with Gasteiger partial charge in [-0.05, 0) is 37.0 Å². The second-order valence-corrected chi connectivity index (χ2v) is 4.73. The summed E-state index contributed by atoms with van der Waals surface area (Å²) in [4.78, 5) is 11.7. The van der Waals surface area contributed by atoms with Gasteiger partial charge in [0.05, 0.1) is 6.26 Å². The molecule has 2 atom stereocenters. The molecule has 1 fully saturated rings. The van der Waals surface area contributed by atoms with Crippen molar-refractivity contribution in [2.75, 3.05) is 0 Å². The number of furan rings is 1. The first-order valence-corrected chi connectivity index (χ1v) is 6.28. The molecule has 0 aromatic carbocycles. The average molecular weight is 233 g/mol. The van der Waals surface area contributed by atoms with E-state index in [9.17, 15) is 4.79 Å². The third kappa shape index (κ3) is 3.48. The van der Waals surface area contributed by atoms with Crippen molar-refractivity contribution in [3.63, 3.8) is 0 Å². The Kier molecular flexibility index (Phi) is 4.02. The van der Waals surface area contributed by atoms with Crippen molar-refractivity contribution < 1.29 is 9.21 Å². The normalized spacial score (nSPS) is 25.0. The van der Waals surface area contributed by atoms with Crippen molar-refractivity contribution in [3.05, 3.63) is 30.2 Å². The summed E-state index contributed by atoms with van der Waals surface area (Å²) >= 11 is 0. The van der Waals surface area contributed by atoms with Gasteiger partial charge in [0.25, 0.3) is 0 Å². The zero-order chi connectivity index (χ0) is 12.1. The molecule has 0 aliphatic heterocycles. The monoisotopic (exact) mass is 233 g/mol. The lowest BCUT2D eigenvalue weighted by molar-refractivity contribution is -0.117. The zero-order valence-corrected chi connectivity index (χ0v) is 10.2. The summed E-state index contributed by atoms with van der Waals surface area (Å²) in [6, 6.07) is 3.96. The quantitative estimate of drug-likeness (QED) is 0.815. The molecule has 0 radical (unpaired) electrons. The van der Waals surface area contributed by atoms with Crippen LogP contribution in [0.5, 0.6) is 0 Å². The lowest BCUT2D eigenvalue weighted by Crippen LogP contribution is -2.40. The minimum atomic E-state index is -0.0276. The van der Waals surface area contributed by atoms with E-state index in [1.807, 2.05) is 6.07 Å². The Labute approximate surface area is 102 Å². The molecule has 0 spiro atoms. The van der Waals surface area contributed by atoms with Gasteiger partial charge in [-0.25, -0.2) is 0 Å². The van der Waals surface area contributed by atoms with Crippen LogP contribution < -0.4 is 5.32 Å². The summed E-state index contributed by atoms with van der Waals surface area (Å²) in [5, 5.41) is 3.06. The molecule has 92 valence electrons. The fourth-order valence-electron chi connectivity index (χ4n) is 2.31. The number of nitrogens with one attached hydrogen (secondary N) is 1. The molecule has 0 unspecified atom stereocenters. The second-order valence-electron chi connectivity index (χ2n) is 4.73. The standard InChI is InChI=1S/C14H19NO2/c1-11-5-2-3-7-13(11)15-14(16)9-8-12-6-4-10-17-12/h4,6,8-11,13H,2-3,5,7H2,1H3,(H,15,16)/b9-8+/t11-,13+/m0/s1. The van der Waals surface area contributed by atoms with Crippen molar-refractivity contribution in [1.29, 1.82) is 0 Å². The molecule has 3 heteroatoms. The number of carbonyl (C=O) groups excluding carboxylic acids is 1. The van der Waals surface area contributed by atoms with E-state index >= 15 is 0 Å². The number of hydrogen-bond acceptors (Lipinski definition) is 2. The molecule has 1 aliphatic rings. The highest BCUT2D eigenvalue weighted by atomic mass is 16.3. The van der Waals surface area contributed by atoms with Crippen LogP contribution >= 0.6 is 0 Å². The molecule has 1 heterocycles. The van der Waals surface area contributed by atoms with Gasteiger partial charge < -0.3 is 9.73 Å². The van der Waals surface area contributed by atoms with Crippen LogP contribution in [0, 0.1) is 5.92 Å². The van der Waals surface area contributed by atoms with Gasteiger partial charge in [0, 0.05) is 12.1 Å². The van der Waals surface area contributed by atoms with Crippen LogP contribution in [0.15, 0.2) is 28.9 Å². The Morgan fingerprint density at radius 1 is 1.47 bits per heavy atom. The maximum Gasteiger partial charge on any atom is 0.244 e. The van der Waals surface area contributed by atoms with Gasteiger partial charge in [-0.15, -0.1) is 0 Å². The largest absolute Gasteiger partial charge is 0.465 e. The Morgan fingerprint density at radius 3 is 3.00 bits per heavy atom. The van der Waals surface area contributed by atoms with Crippen LogP contribution in [-0.2, 0) is 4.79 Å². The highest BCUT2D eigenvalue weighted by Gasteiger charge is 2.21. The predicted octanol–water partition coefficient (Wildman–Crippen LogP) is 2.99. The minimum Gasteiger partial charge on any atom is -0.465 e. The van der Waals surface area contributed by atoms with E-state index in [-0.39, 0.29) is 5.91 Å². The van der Waals surface area contributed by atoms with Crippen molar-refractivity contribution >= 4 is 12.0 Å². The van der Waals surface area contributed by atoms with E-state index in [4.69, 9.17) is 4.42 Å². The zero-order valence-electron chi connectivity index (χ0n) is 10.2. The molecular formula is C14H19NO2. The van der Waals surface area contributed by atoms with E-state index < -0.39 is 0 Å². The Bertz CT molecular complexity index is 381. The third-order valence-electron chi connectivity index (χ3n) is 3.38. The number of carbonyl (C=O) groups is 1.